The molecule has 0 spiro atoms. The van der Waals surface area contributed by atoms with E-state index in [1.165, 1.54) is 19.3 Å². The van der Waals surface area contributed by atoms with Crippen molar-refractivity contribution >= 4 is 35.1 Å². The van der Waals surface area contributed by atoms with Crippen molar-refractivity contribution in [2.24, 2.45) is 0 Å². The average molecular weight is 489 g/mol. The number of halogens is 1. The summed E-state index contributed by atoms with van der Waals surface area (Å²) in [5.74, 6) is 1.60. The predicted molar refractivity (Wildman–Crippen MR) is 135 cm³/mol. The van der Waals surface area contributed by atoms with E-state index < -0.39 is 0 Å². The molecule has 1 aromatic carbocycles. The maximum Gasteiger partial charge on any atom is 0.251 e. The Morgan fingerprint density at radius 3 is 2.48 bits per heavy atom. The first-order valence-electron chi connectivity index (χ1n) is 11.8. The first-order valence-corrected chi connectivity index (χ1v) is 13.1. The van der Waals surface area contributed by atoms with E-state index in [0.717, 1.165) is 62.9 Å². The Bertz CT molecular complexity index is 914. The molecule has 2 saturated heterocycles. The van der Waals surface area contributed by atoms with Gasteiger partial charge in [-0.1, -0.05) is 41.9 Å². The summed E-state index contributed by atoms with van der Waals surface area (Å²) in [7, 11) is 2.14. The zero-order valence-electron chi connectivity index (χ0n) is 19.3. The van der Waals surface area contributed by atoms with Crippen LogP contribution in [0.3, 0.4) is 0 Å². The number of nitrogens with one attached hydrogen (secondary N) is 1. The molecule has 4 rings (SSSR count). The van der Waals surface area contributed by atoms with Gasteiger partial charge in [-0.2, -0.15) is 0 Å². The molecular weight excluding hydrogens is 456 g/mol. The lowest BCUT2D eigenvalue weighted by atomic mass is 10.1. The molecule has 7 nitrogen and oxygen atoms in total. The number of aromatic nitrogens is 2. The summed E-state index contributed by atoms with van der Waals surface area (Å²) < 4.78 is 0. The second-order valence-corrected chi connectivity index (χ2v) is 10.1. The largest absolute Gasteiger partial charge is 0.354 e. The van der Waals surface area contributed by atoms with E-state index in [9.17, 15) is 4.79 Å². The Labute approximate surface area is 205 Å². The smallest absolute Gasteiger partial charge is 0.251 e. The third kappa shape index (κ3) is 7.30. The lowest BCUT2D eigenvalue weighted by Crippen LogP contribution is -2.44. The van der Waals surface area contributed by atoms with Crippen LogP contribution in [0.2, 0.25) is 5.15 Å². The van der Waals surface area contributed by atoms with Crippen molar-refractivity contribution in [1.82, 2.24) is 25.1 Å². The van der Waals surface area contributed by atoms with Gasteiger partial charge in [-0.05, 0) is 50.7 Å². The molecule has 178 valence electrons. The van der Waals surface area contributed by atoms with Gasteiger partial charge in [-0.25, -0.2) is 9.97 Å². The van der Waals surface area contributed by atoms with Gasteiger partial charge in [0.2, 0.25) is 0 Å². The number of likely N-dealkylation sites (N-methyl/N-ethyl adjacent to an activating group) is 1. The van der Waals surface area contributed by atoms with Crippen molar-refractivity contribution in [3.8, 4) is 0 Å². The van der Waals surface area contributed by atoms with E-state index in [-0.39, 0.29) is 5.91 Å². The van der Waals surface area contributed by atoms with E-state index in [4.69, 9.17) is 16.6 Å². The number of hydrogen-bond acceptors (Lipinski definition) is 7. The zero-order valence-corrected chi connectivity index (χ0v) is 20.9. The number of thioether (sulfide) groups is 1. The number of piperazine rings is 1. The summed E-state index contributed by atoms with van der Waals surface area (Å²) in [6, 6.07) is 9.62. The molecule has 1 N–H and O–H groups in total. The standard InChI is InChI=1S/C24H33ClN6OS/c1-29-13-15-31(16-14-29)22-17-21(25)27-24(28-22)33-18-19-5-7-20(8-6-19)23(32)26-9-12-30-10-3-2-4-11-30/h5-8,17H,2-4,9-16,18H2,1H3,(H,26,32). The molecule has 33 heavy (non-hydrogen) atoms. The zero-order chi connectivity index (χ0) is 23.0. The van der Waals surface area contributed by atoms with Crippen molar-refractivity contribution in [2.45, 2.75) is 30.2 Å². The number of hydrogen-bond donors (Lipinski definition) is 1. The van der Waals surface area contributed by atoms with Crippen LogP contribution in [0, 0.1) is 0 Å². The number of likely N-dealkylation sites (tertiary alicyclic amines) is 1. The minimum absolute atomic E-state index is 0.0128. The van der Waals surface area contributed by atoms with Crippen molar-refractivity contribution in [2.75, 3.05) is 64.3 Å². The van der Waals surface area contributed by atoms with Crippen LogP contribution in [0.15, 0.2) is 35.5 Å². The SMILES string of the molecule is CN1CCN(c2cc(Cl)nc(SCc3ccc(C(=O)NCCN4CCCCC4)cc3)n2)CC1. The number of rotatable bonds is 8. The minimum Gasteiger partial charge on any atom is -0.354 e. The lowest BCUT2D eigenvalue weighted by molar-refractivity contribution is 0.0946. The van der Waals surface area contributed by atoms with Crippen LogP contribution < -0.4 is 10.2 Å². The number of carbonyl (C=O) groups excluding carboxylic acids is 1. The average Bonchev–Trinajstić information content (AvgIpc) is 2.84. The maximum absolute atomic E-state index is 12.4. The molecule has 0 radical (unpaired) electrons. The van der Waals surface area contributed by atoms with E-state index in [1.807, 2.05) is 30.3 Å². The molecule has 0 atom stereocenters. The summed E-state index contributed by atoms with van der Waals surface area (Å²) in [6.45, 7) is 7.83. The Morgan fingerprint density at radius 1 is 1.03 bits per heavy atom. The van der Waals surface area contributed by atoms with E-state index >= 15 is 0 Å². The van der Waals surface area contributed by atoms with E-state index in [1.54, 1.807) is 11.8 Å². The van der Waals surface area contributed by atoms with Gasteiger partial charge in [0, 0.05) is 56.7 Å². The Hall–Kier alpha value is -1.87. The second kappa shape index (κ2) is 12.0. The topological polar surface area (TPSA) is 64.6 Å². The van der Waals surface area contributed by atoms with Gasteiger partial charge in [0.1, 0.15) is 11.0 Å². The van der Waals surface area contributed by atoms with Crippen LogP contribution in [-0.2, 0) is 5.75 Å². The normalized spacial score (nSPS) is 17.8. The molecule has 1 amide bonds. The molecular formula is C24H33ClN6OS. The van der Waals surface area contributed by atoms with Gasteiger partial charge in [0.15, 0.2) is 5.16 Å². The highest BCUT2D eigenvalue weighted by Gasteiger charge is 2.17. The molecule has 0 aliphatic carbocycles. The third-order valence-corrected chi connectivity index (χ3v) is 7.35. The van der Waals surface area contributed by atoms with Crippen LogP contribution in [0.5, 0.6) is 0 Å². The summed E-state index contributed by atoms with van der Waals surface area (Å²) in [5.41, 5.74) is 1.81. The van der Waals surface area contributed by atoms with Crippen molar-refractivity contribution in [3.63, 3.8) is 0 Å². The van der Waals surface area contributed by atoms with Gasteiger partial charge in [0.25, 0.3) is 5.91 Å². The van der Waals surface area contributed by atoms with Crippen molar-refractivity contribution in [3.05, 3.63) is 46.6 Å². The maximum atomic E-state index is 12.4. The highest BCUT2D eigenvalue weighted by molar-refractivity contribution is 7.98. The van der Waals surface area contributed by atoms with E-state index in [2.05, 4.69) is 32.0 Å². The summed E-state index contributed by atoms with van der Waals surface area (Å²) in [5, 5.41) is 4.19. The molecule has 1 aromatic heterocycles. The van der Waals surface area contributed by atoms with E-state index in [0.29, 0.717) is 22.4 Å². The Morgan fingerprint density at radius 2 is 1.76 bits per heavy atom. The molecule has 0 saturated carbocycles. The predicted octanol–water partition coefficient (Wildman–Crippen LogP) is 3.39. The molecule has 2 aromatic rings. The van der Waals surface area contributed by atoms with Crippen LogP contribution in [0.1, 0.15) is 35.2 Å². The molecule has 2 aliphatic rings. The Balaban J connectivity index is 1.26. The van der Waals surface area contributed by atoms with Gasteiger partial charge in [0.05, 0.1) is 0 Å². The number of benzene rings is 1. The first-order chi connectivity index (χ1) is 16.1. The van der Waals surface area contributed by atoms with Gasteiger partial charge in [-0.3, -0.25) is 4.79 Å². The molecule has 0 unspecified atom stereocenters. The van der Waals surface area contributed by atoms with Gasteiger partial charge in [-0.15, -0.1) is 0 Å². The number of piperidine rings is 1. The highest BCUT2D eigenvalue weighted by atomic mass is 35.5. The summed E-state index contributed by atoms with van der Waals surface area (Å²) in [6.07, 6.45) is 3.87. The monoisotopic (exact) mass is 488 g/mol. The van der Waals surface area contributed by atoms with Crippen LogP contribution in [0.25, 0.3) is 0 Å². The fourth-order valence-electron chi connectivity index (χ4n) is 4.16. The van der Waals surface area contributed by atoms with Crippen LogP contribution in [0.4, 0.5) is 5.82 Å². The molecule has 2 aliphatic heterocycles. The van der Waals surface area contributed by atoms with Crippen LogP contribution >= 0.6 is 23.4 Å². The summed E-state index contributed by atoms with van der Waals surface area (Å²) >= 11 is 7.84. The molecule has 0 bridgehead atoms. The molecule has 3 heterocycles. The quantitative estimate of drug-likeness (QED) is 0.347. The van der Waals surface area contributed by atoms with Crippen molar-refractivity contribution < 1.29 is 4.79 Å². The highest BCUT2D eigenvalue weighted by Crippen LogP contribution is 2.25. The second-order valence-electron chi connectivity index (χ2n) is 8.77. The number of amides is 1. The van der Waals surface area contributed by atoms with Crippen LogP contribution in [-0.4, -0.2) is 85.1 Å². The number of carbonyl (C=O) groups is 1. The Kier molecular flexibility index (Phi) is 8.83. The fourth-order valence-corrected chi connectivity index (χ4v) is 5.20. The number of nitrogens with zero attached hydrogens (tertiary/aromatic N) is 5. The van der Waals surface area contributed by atoms with Gasteiger partial charge < -0.3 is 20.0 Å². The number of anilines is 1. The molecule has 9 heteroatoms. The minimum atomic E-state index is -0.0128. The van der Waals surface area contributed by atoms with Gasteiger partial charge >= 0.3 is 0 Å². The fraction of sp³-hybridized carbons (Fsp3) is 0.542. The van der Waals surface area contributed by atoms with Crippen molar-refractivity contribution in [1.29, 1.82) is 0 Å². The molecule has 2 fully saturated rings. The lowest BCUT2D eigenvalue weighted by Gasteiger charge is -2.33. The third-order valence-electron chi connectivity index (χ3n) is 6.23. The first kappa shape index (κ1) is 24.3. The summed E-state index contributed by atoms with van der Waals surface area (Å²) in [4.78, 5) is 28.6.